The number of rotatable bonds is 5. The Kier molecular flexibility index (Phi) is 13.0. The van der Waals surface area contributed by atoms with Crippen LogP contribution in [0, 0.1) is 17.3 Å². The standard InChI is InChI=1S/C34H62O6Si2/c1-23-18-17-19-24(2)30(40-42(15,16)33(8,9)10)25(3)31(37)34(11,12)28(39-41(13,14)32(5,6)7)22-29(36)38-27(21-20-23)26(4)35/h17,19-20,24-25,27-28,30H,18,21-22H2,1-16H3/t24-,25+,27-,28-,30-/m0/s1. The van der Waals surface area contributed by atoms with Gasteiger partial charge in [-0.2, -0.15) is 0 Å². The van der Waals surface area contributed by atoms with Crippen LogP contribution in [0.1, 0.15) is 102 Å². The molecule has 42 heavy (non-hydrogen) atoms. The highest BCUT2D eigenvalue weighted by Crippen LogP contribution is 2.44. The molecule has 0 aromatic heterocycles. The number of hydrogen-bond acceptors (Lipinski definition) is 6. The number of ketones is 2. The summed E-state index contributed by atoms with van der Waals surface area (Å²) in [6, 6.07) is 0. The average Bonchev–Trinajstić information content (AvgIpc) is 2.81. The van der Waals surface area contributed by atoms with Crippen molar-refractivity contribution in [3.8, 4) is 0 Å². The summed E-state index contributed by atoms with van der Waals surface area (Å²) in [4.78, 5) is 40.4. The fourth-order valence-electron chi connectivity index (χ4n) is 4.68. The molecule has 0 amide bonds. The highest BCUT2D eigenvalue weighted by atomic mass is 28.4. The molecule has 0 N–H and O–H groups in total. The largest absolute Gasteiger partial charge is 0.454 e. The van der Waals surface area contributed by atoms with Gasteiger partial charge in [-0.25, -0.2) is 0 Å². The van der Waals surface area contributed by atoms with Gasteiger partial charge < -0.3 is 13.6 Å². The van der Waals surface area contributed by atoms with E-state index in [9.17, 15) is 14.4 Å². The number of carbonyl (C=O) groups is 3. The van der Waals surface area contributed by atoms with E-state index >= 15 is 0 Å². The molecular weight excluding hydrogens is 561 g/mol. The van der Waals surface area contributed by atoms with E-state index in [1.807, 2.05) is 33.8 Å². The molecule has 242 valence electrons. The van der Waals surface area contributed by atoms with E-state index in [4.69, 9.17) is 13.6 Å². The van der Waals surface area contributed by atoms with Gasteiger partial charge in [0.1, 0.15) is 5.78 Å². The topological polar surface area (TPSA) is 78.9 Å². The van der Waals surface area contributed by atoms with Crippen molar-refractivity contribution in [2.45, 2.75) is 157 Å². The van der Waals surface area contributed by atoms with Gasteiger partial charge in [0.2, 0.25) is 0 Å². The lowest BCUT2D eigenvalue weighted by Crippen LogP contribution is -2.54. The van der Waals surface area contributed by atoms with Crippen LogP contribution in [0.5, 0.6) is 0 Å². The fraction of sp³-hybridized carbons (Fsp3) is 0.794. The van der Waals surface area contributed by atoms with E-state index in [-0.39, 0.29) is 40.1 Å². The van der Waals surface area contributed by atoms with E-state index in [1.165, 1.54) is 6.92 Å². The highest BCUT2D eigenvalue weighted by molar-refractivity contribution is 6.74. The number of esters is 1. The molecule has 1 aliphatic rings. The number of hydrogen-bond donors (Lipinski definition) is 0. The SMILES string of the molecule is CC(=O)[C@@H]1CC=C(C)CC=C[C@H](C)[C@H](O[Si](C)(C)C(C)(C)C)[C@@H](C)C(=O)C(C)(C)[C@@H](O[Si](C)(C)C(C)(C)C)CC(=O)O1. The van der Waals surface area contributed by atoms with Crippen molar-refractivity contribution < 1.29 is 28.0 Å². The van der Waals surface area contributed by atoms with Crippen molar-refractivity contribution >= 4 is 34.2 Å². The molecule has 0 radical (unpaired) electrons. The molecule has 1 aliphatic heterocycles. The molecule has 8 heteroatoms. The van der Waals surface area contributed by atoms with Gasteiger partial charge in [-0.3, -0.25) is 14.4 Å². The summed E-state index contributed by atoms with van der Waals surface area (Å²) < 4.78 is 19.6. The zero-order valence-corrected chi connectivity index (χ0v) is 31.7. The first kappa shape index (κ1) is 38.7. The maximum atomic E-state index is 14.6. The third kappa shape index (κ3) is 10.1. The van der Waals surface area contributed by atoms with Gasteiger partial charge >= 0.3 is 5.97 Å². The maximum Gasteiger partial charge on any atom is 0.309 e. The van der Waals surface area contributed by atoms with Crippen LogP contribution >= 0.6 is 0 Å². The first-order valence-corrected chi connectivity index (χ1v) is 21.5. The number of Topliss-reactive ketones (excluding diaryl/α,β-unsaturated/α-hetero) is 2. The molecule has 0 bridgehead atoms. The molecule has 0 aromatic carbocycles. The molecule has 5 atom stereocenters. The second-order valence-corrected chi connectivity index (χ2v) is 25.7. The summed E-state index contributed by atoms with van der Waals surface area (Å²) in [5.41, 5.74) is 0.0743. The van der Waals surface area contributed by atoms with E-state index in [1.54, 1.807) is 0 Å². The van der Waals surface area contributed by atoms with Gasteiger partial charge in [0, 0.05) is 17.8 Å². The quantitative estimate of drug-likeness (QED) is 0.173. The molecular formula is C34H62O6Si2. The summed E-state index contributed by atoms with van der Waals surface area (Å²) >= 11 is 0. The molecule has 0 aromatic rings. The summed E-state index contributed by atoms with van der Waals surface area (Å²) in [5.74, 6) is -1.16. The zero-order valence-electron chi connectivity index (χ0n) is 29.7. The van der Waals surface area contributed by atoms with Crippen molar-refractivity contribution in [2.75, 3.05) is 0 Å². The fourth-order valence-corrected chi connectivity index (χ4v) is 7.57. The minimum Gasteiger partial charge on any atom is -0.454 e. The zero-order chi connectivity index (χ0) is 33.1. The lowest BCUT2D eigenvalue weighted by Gasteiger charge is -2.46. The normalized spacial score (nSPS) is 27.8. The van der Waals surface area contributed by atoms with Crippen molar-refractivity contribution in [1.82, 2.24) is 0 Å². The molecule has 1 rings (SSSR count). The van der Waals surface area contributed by atoms with Gasteiger partial charge in [0.25, 0.3) is 0 Å². The summed E-state index contributed by atoms with van der Waals surface area (Å²) in [6.07, 6.45) is 5.27. The number of cyclic esters (lactones) is 1. The number of carbonyl (C=O) groups excluding carboxylic acids is 3. The monoisotopic (exact) mass is 622 g/mol. The molecule has 0 saturated carbocycles. The van der Waals surface area contributed by atoms with Crippen LogP contribution in [0.3, 0.4) is 0 Å². The predicted molar refractivity (Wildman–Crippen MR) is 179 cm³/mol. The van der Waals surface area contributed by atoms with Crippen LogP contribution in [0.4, 0.5) is 0 Å². The van der Waals surface area contributed by atoms with Crippen molar-refractivity contribution in [3.63, 3.8) is 0 Å². The molecule has 0 unspecified atom stereocenters. The second-order valence-electron chi connectivity index (χ2n) is 16.2. The second kappa shape index (κ2) is 14.2. The van der Waals surface area contributed by atoms with Crippen molar-refractivity contribution in [2.24, 2.45) is 17.3 Å². The molecule has 0 aliphatic carbocycles. The van der Waals surface area contributed by atoms with Gasteiger partial charge in [-0.15, -0.1) is 0 Å². The van der Waals surface area contributed by atoms with Gasteiger partial charge in [-0.05, 0) is 62.5 Å². The average molecular weight is 623 g/mol. The molecule has 1 heterocycles. The number of allylic oxidation sites excluding steroid dienone is 2. The van der Waals surface area contributed by atoms with Crippen LogP contribution in [-0.4, -0.2) is 52.5 Å². The third-order valence-electron chi connectivity index (χ3n) is 9.98. The van der Waals surface area contributed by atoms with E-state index in [0.29, 0.717) is 12.8 Å². The third-order valence-corrected chi connectivity index (χ3v) is 18.9. The van der Waals surface area contributed by atoms with E-state index in [2.05, 4.69) is 86.8 Å². The Morgan fingerprint density at radius 1 is 0.952 bits per heavy atom. The lowest BCUT2D eigenvalue weighted by atomic mass is 9.73. The van der Waals surface area contributed by atoms with Crippen molar-refractivity contribution in [3.05, 3.63) is 23.8 Å². The van der Waals surface area contributed by atoms with E-state index < -0.39 is 46.1 Å². The van der Waals surface area contributed by atoms with Crippen LogP contribution in [-0.2, 0) is 28.0 Å². The number of ether oxygens (including phenoxy) is 1. The molecule has 0 saturated heterocycles. The Morgan fingerprint density at radius 3 is 1.93 bits per heavy atom. The summed E-state index contributed by atoms with van der Waals surface area (Å²) in [6.45, 7) is 33.1. The predicted octanol–water partition coefficient (Wildman–Crippen LogP) is 8.82. The smallest absolute Gasteiger partial charge is 0.309 e. The molecule has 6 nitrogen and oxygen atoms in total. The van der Waals surface area contributed by atoms with Crippen LogP contribution in [0.2, 0.25) is 36.3 Å². The lowest BCUT2D eigenvalue weighted by molar-refractivity contribution is -0.158. The first-order valence-electron chi connectivity index (χ1n) is 15.7. The van der Waals surface area contributed by atoms with Gasteiger partial charge in [0.05, 0.1) is 18.6 Å². The summed E-state index contributed by atoms with van der Waals surface area (Å²) in [7, 11) is -4.62. The van der Waals surface area contributed by atoms with Gasteiger partial charge in [-0.1, -0.05) is 93.0 Å². The molecule has 0 spiro atoms. The Balaban J connectivity index is 3.77. The minimum absolute atomic E-state index is 0.00857. The van der Waals surface area contributed by atoms with Crippen molar-refractivity contribution in [1.29, 1.82) is 0 Å². The maximum absolute atomic E-state index is 14.6. The first-order chi connectivity index (χ1) is 18.7. The summed E-state index contributed by atoms with van der Waals surface area (Å²) in [5, 5.41) is -0.150. The van der Waals surface area contributed by atoms with E-state index in [0.717, 1.165) is 5.57 Å². The highest BCUT2D eigenvalue weighted by Gasteiger charge is 2.50. The van der Waals surface area contributed by atoms with Crippen LogP contribution in [0.25, 0.3) is 0 Å². The Hall–Kier alpha value is -1.36. The van der Waals surface area contributed by atoms with Gasteiger partial charge in [0.15, 0.2) is 28.5 Å². The van der Waals surface area contributed by atoms with Crippen LogP contribution in [0.15, 0.2) is 23.8 Å². The Bertz CT molecular complexity index is 1030. The Labute approximate surface area is 259 Å². The minimum atomic E-state index is -2.40. The Morgan fingerprint density at radius 2 is 1.45 bits per heavy atom. The molecule has 0 fully saturated rings. The van der Waals surface area contributed by atoms with Crippen LogP contribution < -0.4 is 0 Å².